The van der Waals surface area contributed by atoms with Crippen LogP contribution in [-0.4, -0.2) is 22.4 Å². The van der Waals surface area contributed by atoms with Gasteiger partial charge in [-0.05, 0) is 97.3 Å². The van der Waals surface area contributed by atoms with Gasteiger partial charge in [0.1, 0.15) is 5.82 Å². The van der Waals surface area contributed by atoms with Crippen molar-refractivity contribution in [2.45, 2.75) is 26.2 Å². The van der Waals surface area contributed by atoms with Crippen LogP contribution in [0, 0.1) is 6.33 Å². The zero-order chi connectivity index (χ0) is 59.9. The number of hydrogen-bond acceptors (Lipinski definition) is 2. The molecule has 3 aromatic heterocycles. The number of pyridine rings is 1. The summed E-state index contributed by atoms with van der Waals surface area (Å²) in [6, 6.07) is 67.2. The quantitative estimate of drug-likeness (QED) is 0.0559. The summed E-state index contributed by atoms with van der Waals surface area (Å²) in [5, 5.41) is 5.54. The van der Waals surface area contributed by atoms with Crippen LogP contribution in [0.25, 0.3) is 72.3 Å². The topological polar surface area (TPSA) is 29.9 Å². The fraction of sp³-hybridized carbons (Fsp3) is 0.0571. The average Bonchev–Trinajstić information content (AvgIpc) is 1.45. The molecule has 0 atom stereocenters. The van der Waals surface area contributed by atoms with Crippen molar-refractivity contribution in [2.24, 2.45) is 0 Å². The maximum atomic E-state index is 9.26. The highest BCUT2D eigenvalue weighted by atomic mass is 28.3. The van der Waals surface area contributed by atoms with Gasteiger partial charge in [-0.25, -0.2) is 4.98 Å². The van der Waals surface area contributed by atoms with Gasteiger partial charge in [-0.2, -0.15) is 0 Å². The van der Waals surface area contributed by atoms with Crippen LogP contribution >= 0.6 is 0 Å². The van der Waals surface area contributed by atoms with E-state index in [0.29, 0.717) is 16.7 Å². The Morgan fingerprint density at radius 1 is 0.500 bits per heavy atom. The fourth-order valence-electron chi connectivity index (χ4n) is 11.0. The van der Waals surface area contributed by atoms with Gasteiger partial charge < -0.3 is 4.57 Å². The Balaban J connectivity index is 1.12. The van der Waals surface area contributed by atoms with Gasteiger partial charge >= 0.3 is 0 Å². The lowest BCUT2D eigenvalue weighted by Crippen LogP contribution is -2.76. The molecule has 0 saturated heterocycles. The van der Waals surface area contributed by atoms with Gasteiger partial charge in [-0.15, -0.1) is 0 Å². The molecule has 10 aromatic carbocycles. The summed E-state index contributed by atoms with van der Waals surface area (Å²) in [7, 11) is -3.53. The summed E-state index contributed by atoms with van der Waals surface area (Å²) < 4.78 is 97.6. The van der Waals surface area contributed by atoms with E-state index in [9.17, 15) is 5.48 Å². The second kappa shape index (κ2) is 19.2. The van der Waals surface area contributed by atoms with Crippen LogP contribution < -0.4 is 24.7 Å². The average molecular weight is 1000 g/mol. The Morgan fingerprint density at radius 3 is 1.66 bits per heavy atom. The lowest BCUT2D eigenvalue weighted by molar-refractivity contribution is -0.571. The molecule has 0 bridgehead atoms. The van der Waals surface area contributed by atoms with Crippen molar-refractivity contribution in [1.29, 1.82) is 0 Å². The normalized spacial score (nSPS) is 13.7. The molecule has 0 unspecified atom stereocenters. The van der Waals surface area contributed by atoms with E-state index >= 15 is 0 Å². The number of nitrogens with zero attached hydrogens (tertiary/aromatic N) is 5. The van der Waals surface area contributed by atoms with Gasteiger partial charge in [0.2, 0.25) is 0 Å². The third-order valence-corrected chi connectivity index (χ3v) is 19.1. The highest BCUT2D eigenvalue weighted by Gasteiger charge is 2.47. The third kappa shape index (κ3) is 7.93. The van der Waals surface area contributed by atoms with Crippen LogP contribution in [0.3, 0.4) is 0 Å². The van der Waals surface area contributed by atoms with Gasteiger partial charge in [0.15, 0.2) is 0 Å². The maximum absolute atomic E-state index is 9.26. The number of imidazole rings is 1. The number of rotatable bonds is 11. The number of anilines is 2. The molecule has 0 fully saturated rings. The molecule has 76 heavy (non-hydrogen) atoms. The molecule has 3 heterocycles. The van der Waals surface area contributed by atoms with Crippen LogP contribution in [0.15, 0.2) is 279 Å². The minimum absolute atomic E-state index is 0.131. The SMILES string of the molecule is [2H]c1c([2H])c([2H])c(-c2cccc(-c3c([2H])c([2H])c([2H])c([2H])c3[2H])c2-[n+]2[c-]n(-c3cccc(N(c4ccc5c6ccccc6n(-c6cc(C(C)(C)C)ccn6)c5c4)[Si](c4ccccc4)(c4ccccc4)c4ccccc4)c3)c3ccccc32)c([2H])c1[2H]. The molecule has 5 nitrogen and oxygen atoms in total. The zero-order valence-corrected chi connectivity index (χ0v) is 43.0. The van der Waals surface area contributed by atoms with E-state index < -0.39 is 68.7 Å². The van der Waals surface area contributed by atoms with Crippen molar-refractivity contribution in [3.05, 3.63) is 291 Å². The Kier molecular flexibility index (Phi) is 9.21. The van der Waals surface area contributed by atoms with Crippen LogP contribution in [0.1, 0.15) is 40.0 Å². The van der Waals surface area contributed by atoms with Crippen LogP contribution in [0.5, 0.6) is 0 Å². The summed E-state index contributed by atoms with van der Waals surface area (Å²) >= 11 is 0. The van der Waals surface area contributed by atoms with E-state index in [4.69, 9.17) is 13.2 Å². The minimum atomic E-state index is -3.53. The van der Waals surface area contributed by atoms with Crippen molar-refractivity contribution in [1.82, 2.24) is 14.1 Å². The van der Waals surface area contributed by atoms with E-state index in [1.54, 1.807) is 22.8 Å². The van der Waals surface area contributed by atoms with Gasteiger partial charge in [0.25, 0.3) is 14.6 Å². The summed E-state index contributed by atoms with van der Waals surface area (Å²) in [6.07, 6.45) is 5.53. The molecule has 0 radical (unpaired) electrons. The first-order valence-electron chi connectivity index (χ1n) is 30.3. The standard InChI is InChI=1S/C70H55N5Si/c1-70(2,3)53-45-46-71-68(47-53)74-64-40-20-19-37-62(64)63-44-43-56(49-67(63)74)75(76(57-31-13-6-14-32-57,58-33-15-7-16-34-58)59-35-17-8-18-36-59)55-30-23-29-54(48-55)72-50-73(66-42-22-21-41-65(66)72)69-60(51-25-9-4-10-26-51)38-24-39-61(69)52-27-11-5-12-28-52/h4-49H,1-3H3/i4D,5D,9D,10D,11D,12D,25D,26D,27D,28D. The van der Waals surface area contributed by atoms with Crippen LogP contribution in [0.2, 0.25) is 0 Å². The van der Waals surface area contributed by atoms with E-state index in [2.05, 4.69) is 176 Å². The highest BCUT2D eigenvalue weighted by Crippen LogP contribution is 2.40. The predicted octanol–water partition coefficient (Wildman–Crippen LogP) is 14.6. The van der Waals surface area contributed by atoms with E-state index in [1.807, 2.05) is 65.4 Å². The summed E-state index contributed by atoms with van der Waals surface area (Å²) in [5.74, 6) is 0.804. The predicted molar refractivity (Wildman–Crippen MR) is 318 cm³/mol. The van der Waals surface area contributed by atoms with E-state index in [-0.39, 0.29) is 33.4 Å². The van der Waals surface area contributed by atoms with Gasteiger partial charge in [0.05, 0.1) is 47.1 Å². The summed E-state index contributed by atoms with van der Waals surface area (Å²) in [6.45, 7) is 6.63. The molecule has 13 rings (SSSR count). The van der Waals surface area contributed by atoms with E-state index in [1.165, 1.54) is 0 Å². The first kappa shape index (κ1) is 36.5. The van der Waals surface area contributed by atoms with Crippen molar-refractivity contribution < 1.29 is 18.3 Å². The molecule has 0 aliphatic carbocycles. The fourth-order valence-corrected chi connectivity index (χ4v) is 15.8. The molecule has 0 aliphatic rings. The largest absolute Gasteiger partial charge is 0.357 e. The zero-order valence-electron chi connectivity index (χ0n) is 52.0. The number of fused-ring (bicyclic) bond motifs is 4. The van der Waals surface area contributed by atoms with E-state index in [0.717, 1.165) is 60.1 Å². The first-order valence-corrected chi connectivity index (χ1v) is 27.3. The molecule has 0 spiro atoms. The van der Waals surface area contributed by atoms with Gasteiger partial charge in [0, 0.05) is 28.3 Å². The summed E-state index contributed by atoms with van der Waals surface area (Å²) in [5.41, 5.74) is 6.92. The monoisotopic (exact) mass is 1000 g/mol. The van der Waals surface area contributed by atoms with Crippen LogP contribution in [-0.2, 0) is 5.41 Å². The maximum Gasteiger partial charge on any atom is 0.269 e. The number of para-hydroxylation sites is 4. The Morgan fingerprint density at radius 2 is 1.04 bits per heavy atom. The Labute approximate surface area is 459 Å². The third-order valence-electron chi connectivity index (χ3n) is 14.4. The van der Waals surface area contributed by atoms with Gasteiger partial charge in [-0.1, -0.05) is 245 Å². The Bertz CT molecular complexity index is 4590. The molecule has 13 aromatic rings. The molecule has 0 N–H and O–H groups in total. The smallest absolute Gasteiger partial charge is 0.269 e. The Hall–Kier alpha value is -9.36. The second-order valence-electron chi connectivity index (χ2n) is 19.8. The molecular weight excluding hydrogens is 939 g/mol. The molecule has 0 saturated carbocycles. The molecular formula is C70H55N5Si. The van der Waals surface area contributed by atoms with Crippen molar-refractivity contribution >= 4 is 68.0 Å². The second-order valence-corrected chi connectivity index (χ2v) is 23.4. The van der Waals surface area contributed by atoms with Crippen molar-refractivity contribution in [3.63, 3.8) is 0 Å². The van der Waals surface area contributed by atoms with Crippen molar-refractivity contribution in [3.8, 4) is 39.4 Å². The molecule has 364 valence electrons. The summed E-state index contributed by atoms with van der Waals surface area (Å²) in [4.78, 5) is 5.06. The number of hydrogen-bond donors (Lipinski definition) is 0. The minimum Gasteiger partial charge on any atom is -0.357 e. The molecule has 6 heteroatoms. The molecule has 0 aliphatic heterocycles. The van der Waals surface area contributed by atoms with Crippen molar-refractivity contribution in [2.75, 3.05) is 4.57 Å². The van der Waals surface area contributed by atoms with Gasteiger partial charge in [-0.3, -0.25) is 13.7 Å². The number of aromatic nitrogens is 4. The number of benzene rings is 10. The highest BCUT2D eigenvalue weighted by molar-refractivity contribution is 7.14. The first-order chi connectivity index (χ1) is 41.5. The lowest BCUT2D eigenvalue weighted by Gasteiger charge is -2.45. The molecule has 0 amide bonds. The lowest BCUT2D eigenvalue weighted by atomic mass is 9.88. The van der Waals surface area contributed by atoms with Crippen LogP contribution in [0.4, 0.5) is 11.4 Å².